The third kappa shape index (κ3) is 3.09. The standard InChI is InChI=1S/C17H12ClFN2O3/c1-23-11-3-5-15-9(6-11)7-12(16(20)22)17(24-15)21-10-2-4-14(19)13(18)8-10/h2-8H,1H3,(H2,20,22). The van der Waals surface area contributed by atoms with E-state index in [0.29, 0.717) is 22.4 Å². The number of benzene rings is 2. The molecule has 3 rings (SSSR count). The molecule has 3 aromatic rings. The molecular weight excluding hydrogens is 335 g/mol. The van der Waals surface area contributed by atoms with Crippen molar-refractivity contribution in [1.82, 2.24) is 0 Å². The lowest BCUT2D eigenvalue weighted by atomic mass is 10.1. The molecule has 2 aromatic carbocycles. The molecule has 0 spiro atoms. The highest BCUT2D eigenvalue weighted by molar-refractivity contribution is 6.31. The highest BCUT2D eigenvalue weighted by Crippen LogP contribution is 2.23. The van der Waals surface area contributed by atoms with Crippen molar-refractivity contribution in [3.05, 3.63) is 64.4 Å². The summed E-state index contributed by atoms with van der Waals surface area (Å²) in [5, 5.41) is 0.557. The van der Waals surface area contributed by atoms with E-state index in [1.165, 1.54) is 25.3 Å². The number of hydrogen-bond acceptors (Lipinski definition) is 4. The maximum Gasteiger partial charge on any atom is 0.254 e. The van der Waals surface area contributed by atoms with Gasteiger partial charge in [-0.05, 0) is 42.5 Å². The topological polar surface area (TPSA) is 77.8 Å². The lowest BCUT2D eigenvalue weighted by Crippen LogP contribution is -2.21. The van der Waals surface area contributed by atoms with Crippen LogP contribution in [0.5, 0.6) is 5.75 Å². The first kappa shape index (κ1) is 16.0. The van der Waals surface area contributed by atoms with Crippen LogP contribution in [-0.4, -0.2) is 13.0 Å². The van der Waals surface area contributed by atoms with E-state index in [4.69, 9.17) is 26.5 Å². The number of nitrogens with two attached hydrogens (primary N) is 1. The van der Waals surface area contributed by atoms with E-state index in [0.717, 1.165) is 0 Å². The Kier molecular flexibility index (Phi) is 4.22. The zero-order chi connectivity index (χ0) is 17.3. The molecule has 0 bridgehead atoms. The third-order valence-electron chi connectivity index (χ3n) is 3.35. The number of hydrogen-bond donors (Lipinski definition) is 1. The molecular formula is C17H12ClFN2O3. The highest BCUT2D eigenvalue weighted by atomic mass is 35.5. The van der Waals surface area contributed by atoms with Gasteiger partial charge in [0.2, 0.25) is 5.55 Å². The van der Waals surface area contributed by atoms with E-state index in [1.54, 1.807) is 24.3 Å². The minimum atomic E-state index is -0.699. The first-order valence-electron chi connectivity index (χ1n) is 6.89. The number of carbonyl (C=O) groups excluding carboxylic acids is 1. The summed E-state index contributed by atoms with van der Waals surface area (Å²) in [4.78, 5) is 15.9. The smallest absolute Gasteiger partial charge is 0.254 e. The molecule has 0 atom stereocenters. The van der Waals surface area contributed by atoms with Gasteiger partial charge in [0.15, 0.2) is 0 Å². The van der Waals surface area contributed by atoms with Crippen molar-refractivity contribution in [2.24, 2.45) is 10.7 Å². The number of halogens is 2. The predicted octanol–water partition coefficient (Wildman–Crippen LogP) is 3.57. The van der Waals surface area contributed by atoms with Crippen molar-refractivity contribution < 1.29 is 18.3 Å². The third-order valence-corrected chi connectivity index (χ3v) is 3.64. The molecule has 0 aliphatic heterocycles. The molecule has 24 heavy (non-hydrogen) atoms. The number of ether oxygens (including phenoxy) is 1. The molecule has 0 saturated carbocycles. The van der Waals surface area contributed by atoms with Gasteiger partial charge < -0.3 is 14.9 Å². The van der Waals surface area contributed by atoms with Gasteiger partial charge in [0.1, 0.15) is 22.7 Å². The SMILES string of the molecule is COc1ccc2oc(=Nc3ccc(F)c(Cl)c3)c(C(N)=O)cc2c1. The molecule has 0 aliphatic carbocycles. The second-order valence-electron chi connectivity index (χ2n) is 4.94. The van der Waals surface area contributed by atoms with E-state index >= 15 is 0 Å². The Bertz CT molecular complexity index is 1010. The van der Waals surface area contributed by atoms with Gasteiger partial charge in [0.25, 0.3) is 5.91 Å². The Balaban J connectivity index is 2.25. The average Bonchev–Trinajstić information content (AvgIpc) is 2.57. The van der Waals surface area contributed by atoms with Crippen LogP contribution in [0.2, 0.25) is 5.02 Å². The molecule has 1 heterocycles. The number of methoxy groups -OCH3 is 1. The summed E-state index contributed by atoms with van der Waals surface area (Å²) in [6.45, 7) is 0. The van der Waals surface area contributed by atoms with Crippen LogP contribution in [0.15, 0.2) is 51.9 Å². The number of fused-ring (bicyclic) bond motifs is 1. The van der Waals surface area contributed by atoms with Gasteiger partial charge in [-0.1, -0.05) is 11.6 Å². The van der Waals surface area contributed by atoms with Crippen molar-refractivity contribution in [3.8, 4) is 5.75 Å². The highest BCUT2D eigenvalue weighted by Gasteiger charge is 2.10. The predicted molar refractivity (Wildman–Crippen MR) is 87.9 cm³/mol. The fourth-order valence-corrected chi connectivity index (χ4v) is 2.34. The van der Waals surface area contributed by atoms with E-state index in [-0.39, 0.29) is 16.1 Å². The Morgan fingerprint density at radius 2 is 2.04 bits per heavy atom. The fraction of sp³-hybridized carbons (Fsp3) is 0.0588. The van der Waals surface area contributed by atoms with Gasteiger partial charge >= 0.3 is 0 Å². The molecule has 1 aromatic heterocycles. The normalized spacial score (nSPS) is 11.7. The van der Waals surface area contributed by atoms with Crippen LogP contribution < -0.4 is 16.0 Å². The Hall–Kier alpha value is -2.86. The molecule has 122 valence electrons. The molecule has 0 aliphatic rings. The monoisotopic (exact) mass is 346 g/mol. The summed E-state index contributed by atoms with van der Waals surface area (Å²) in [6.07, 6.45) is 0. The van der Waals surface area contributed by atoms with E-state index in [2.05, 4.69) is 4.99 Å². The van der Waals surface area contributed by atoms with Crippen LogP contribution >= 0.6 is 11.6 Å². The number of carbonyl (C=O) groups is 1. The summed E-state index contributed by atoms with van der Waals surface area (Å²) in [5.41, 5.74) is 6.34. The van der Waals surface area contributed by atoms with E-state index < -0.39 is 11.7 Å². The van der Waals surface area contributed by atoms with Gasteiger partial charge in [-0.3, -0.25) is 4.79 Å². The van der Waals surface area contributed by atoms with Crippen molar-refractivity contribution in [2.45, 2.75) is 0 Å². The first-order chi connectivity index (χ1) is 11.5. The molecule has 1 amide bonds. The van der Waals surface area contributed by atoms with Crippen LogP contribution in [0.25, 0.3) is 11.0 Å². The minimum Gasteiger partial charge on any atom is -0.497 e. The van der Waals surface area contributed by atoms with Gasteiger partial charge in [0, 0.05) is 5.39 Å². The van der Waals surface area contributed by atoms with E-state index in [9.17, 15) is 9.18 Å². The number of amides is 1. The lowest BCUT2D eigenvalue weighted by Gasteiger charge is -2.04. The second kappa shape index (κ2) is 6.33. The minimum absolute atomic E-state index is 0.0165. The van der Waals surface area contributed by atoms with Crippen molar-refractivity contribution in [2.75, 3.05) is 7.11 Å². The quantitative estimate of drug-likeness (QED) is 0.787. The zero-order valence-electron chi connectivity index (χ0n) is 12.5. The molecule has 0 radical (unpaired) electrons. The summed E-state index contributed by atoms with van der Waals surface area (Å²) < 4.78 is 24.1. The number of rotatable bonds is 3. The molecule has 0 unspecified atom stereocenters. The summed E-state index contributed by atoms with van der Waals surface area (Å²) in [7, 11) is 1.54. The Morgan fingerprint density at radius 3 is 2.71 bits per heavy atom. The molecule has 5 nitrogen and oxygen atoms in total. The zero-order valence-corrected chi connectivity index (χ0v) is 13.3. The maximum absolute atomic E-state index is 13.2. The van der Waals surface area contributed by atoms with Gasteiger partial charge in [-0.25, -0.2) is 9.38 Å². The number of primary amides is 1. The molecule has 0 fully saturated rings. The average molecular weight is 347 g/mol. The Labute approximate surface area is 141 Å². The van der Waals surface area contributed by atoms with Crippen LogP contribution in [0, 0.1) is 5.82 Å². The summed E-state index contributed by atoms with van der Waals surface area (Å²) in [5.74, 6) is -0.646. The fourth-order valence-electron chi connectivity index (χ4n) is 2.17. The van der Waals surface area contributed by atoms with Crippen molar-refractivity contribution >= 4 is 34.2 Å². The van der Waals surface area contributed by atoms with Crippen LogP contribution in [0.1, 0.15) is 10.4 Å². The molecule has 7 heteroatoms. The van der Waals surface area contributed by atoms with Gasteiger partial charge in [-0.2, -0.15) is 0 Å². The summed E-state index contributed by atoms with van der Waals surface area (Å²) in [6, 6.07) is 10.6. The molecule has 0 saturated heterocycles. The van der Waals surface area contributed by atoms with Crippen LogP contribution in [0.4, 0.5) is 10.1 Å². The lowest BCUT2D eigenvalue weighted by molar-refractivity contribution is 0.0996. The van der Waals surface area contributed by atoms with Crippen molar-refractivity contribution in [3.63, 3.8) is 0 Å². The number of nitrogens with zero attached hydrogens (tertiary/aromatic N) is 1. The summed E-state index contributed by atoms with van der Waals surface area (Å²) >= 11 is 5.74. The van der Waals surface area contributed by atoms with Crippen molar-refractivity contribution in [1.29, 1.82) is 0 Å². The maximum atomic E-state index is 13.2. The largest absolute Gasteiger partial charge is 0.497 e. The van der Waals surface area contributed by atoms with E-state index in [1.807, 2.05) is 0 Å². The van der Waals surface area contributed by atoms with Gasteiger partial charge in [0.05, 0.1) is 17.8 Å². The first-order valence-corrected chi connectivity index (χ1v) is 7.27. The van der Waals surface area contributed by atoms with Crippen LogP contribution in [-0.2, 0) is 0 Å². The molecule has 2 N–H and O–H groups in total. The van der Waals surface area contributed by atoms with Crippen LogP contribution in [0.3, 0.4) is 0 Å². The van der Waals surface area contributed by atoms with Gasteiger partial charge in [-0.15, -0.1) is 0 Å². The Morgan fingerprint density at radius 1 is 1.25 bits per heavy atom. The second-order valence-corrected chi connectivity index (χ2v) is 5.35.